The quantitative estimate of drug-likeness (QED) is 0.255. The zero-order valence-electron chi connectivity index (χ0n) is 20.2. The number of benzene rings is 2. The van der Waals surface area contributed by atoms with Gasteiger partial charge in [0.1, 0.15) is 0 Å². The number of piperidine rings is 1. The van der Waals surface area contributed by atoms with Crippen LogP contribution in [0, 0.1) is 11.3 Å². The van der Waals surface area contributed by atoms with Crippen LogP contribution in [-0.2, 0) is 0 Å². The number of nitrogens with one attached hydrogen (secondary N) is 1. The molecule has 1 atom stereocenters. The van der Waals surface area contributed by atoms with E-state index >= 15 is 0 Å². The van der Waals surface area contributed by atoms with Crippen molar-refractivity contribution in [3.8, 4) is 6.07 Å². The molecular formula is C26H26BrCl3F3N3O. The Morgan fingerprint density at radius 3 is 2.30 bits per heavy atom. The highest BCUT2D eigenvalue weighted by Gasteiger charge is 2.39. The molecule has 0 bridgehead atoms. The lowest BCUT2D eigenvalue weighted by atomic mass is 9.97. The second-order valence-corrected chi connectivity index (χ2v) is 10.1. The van der Waals surface area contributed by atoms with E-state index in [1.807, 2.05) is 18.7 Å². The highest BCUT2D eigenvalue weighted by molar-refractivity contribution is 9.10. The van der Waals surface area contributed by atoms with Crippen molar-refractivity contribution in [2.45, 2.75) is 44.8 Å². The summed E-state index contributed by atoms with van der Waals surface area (Å²) < 4.78 is 41.7. The number of hydrogen-bond acceptors (Lipinski definition) is 3. The fourth-order valence-electron chi connectivity index (χ4n) is 3.79. The van der Waals surface area contributed by atoms with Crippen LogP contribution in [0.2, 0.25) is 15.1 Å². The Hall–Kier alpha value is -1.76. The highest BCUT2D eigenvalue weighted by Crippen LogP contribution is 2.41. The first kappa shape index (κ1) is 31.5. The second kappa shape index (κ2) is 14.4. The average molecular weight is 640 g/mol. The normalized spacial score (nSPS) is 15.6. The third-order valence-electron chi connectivity index (χ3n) is 5.65. The summed E-state index contributed by atoms with van der Waals surface area (Å²) in [6.45, 7) is 5.83. The highest BCUT2D eigenvalue weighted by atomic mass is 79.9. The predicted octanol–water partition coefficient (Wildman–Crippen LogP) is 8.51. The molecule has 1 N–H and O–H groups in total. The molecule has 0 aromatic heterocycles. The average Bonchev–Trinajstić information content (AvgIpc) is 2.84. The van der Waals surface area contributed by atoms with Gasteiger partial charge in [0.05, 0.1) is 39.2 Å². The number of carbonyl (C=O) groups excluding carboxylic acids is 1. The fourth-order valence-corrected chi connectivity index (χ4v) is 4.98. The van der Waals surface area contributed by atoms with Crippen molar-refractivity contribution in [1.29, 1.82) is 5.26 Å². The summed E-state index contributed by atoms with van der Waals surface area (Å²) >= 11 is 21.1. The van der Waals surface area contributed by atoms with Gasteiger partial charge in [-0.15, -0.1) is 0 Å². The van der Waals surface area contributed by atoms with Crippen molar-refractivity contribution in [2.24, 2.45) is 0 Å². The minimum Gasteiger partial charge on any atom is -0.349 e. The maximum atomic E-state index is 13.8. The maximum Gasteiger partial charge on any atom is 0.399 e. The molecule has 2 aromatic carbocycles. The summed E-state index contributed by atoms with van der Waals surface area (Å²) in [6.07, 6.45) is -0.776. The van der Waals surface area contributed by atoms with Crippen LogP contribution in [0.5, 0.6) is 0 Å². The molecule has 0 radical (unpaired) electrons. The molecule has 1 unspecified atom stereocenters. The van der Waals surface area contributed by atoms with E-state index in [0.29, 0.717) is 22.1 Å². The van der Waals surface area contributed by atoms with E-state index in [1.165, 1.54) is 6.08 Å². The number of nitrogens with zero attached hydrogens (tertiary/aromatic N) is 2. The lowest BCUT2D eigenvalue weighted by Gasteiger charge is -2.30. The van der Waals surface area contributed by atoms with E-state index in [0.717, 1.165) is 44.1 Å². The number of alkyl halides is 3. The zero-order valence-corrected chi connectivity index (χ0v) is 24.0. The van der Waals surface area contributed by atoms with Crippen molar-refractivity contribution in [2.75, 3.05) is 19.6 Å². The summed E-state index contributed by atoms with van der Waals surface area (Å²) in [6, 6.07) is 9.11. The SMILES string of the molecule is CC.N#CCN1CCC(NC(=O)c2ccc(/C=C/C(c3cc(Cl)c(Cl)c(Cl)c3)C(F)(F)F)cc2Br)CC1. The van der Waals surface area contributed by atoms with Gasteiger partial charge in [0.2, 0.25) is 0 Å². The van der Waals surface area contributed by atoms with E-state index in [9.17, 15) is 18.0 Å². The van der Waals surface area contributed by atoms with Crippen molar-refractivity contribution >= 4 is 62.7 Å². The molecule has 1 amide bonds. The number of rotatable bonds is 6. The monoisotopic (exact) mass is 637 g/mol. The molecule has 1 aliphatic rings. The molecule has 0 spiro atoms. The Morgan fingerprint density at radius 1 is 1.19 bits per heavy atom. The lowest BCUT2D eigenvalue weighted by molar-refractivity contribution is -0.139. The van der Waals surface area contributed by atoms with Crippen LogP contribution in [-0.4, -0.2) is 42.7 Å². The minimum atomic E-state index is -4.59. The molecule has 1 fully saturated rings. The van der Waals surface area contributed by atoms with Gasteiger partial charge in [0.15, 0.2) is 0 Å². The van der Waals surface area contributed by atoms with Crippen LogP contribution in [0.3, 0.4) is 0 Å². The molecule has 200 valence electrons. The molecular weight excluding hydrogens is 614 g/mol. The smallest absolute Gasteiger partial charge is 0.349 e. The maximum absolute atomic E-state index is 13.8. The zero-order chi connectivity index (χ0) is 27.8. The third-order valence-corrected chi connectivity index (χ3v) is 7.51. The number of halogens is 7. The van der Waals surface area contributed by atoms with Crippen LogP contribution in [0.15, 0.2) is 40.9 Å². The Kier molecular flexibility index (Phi) is 12.3. The minimum absolute atomic E-state index is 0.00511. The molecule has 4 nitrogen and oxygen atoms in total. The lowest BCUT2D eigenvalue weighted by Crippen LogP contribution is -2.44. The Bertz CT molecular complexity index is 1140. The van der Waals surface area contributed by atoms with Gasteiger partial charge >= 0.3 is 6.18 Å². The first-order chi connectivity index (χ1) is 17.5. The summed E-state index contributed by atoms with van der Waals surface area (Å²) in [5, 5.41) is 11.6. The van der Waals surface area contributed by atoms with Gasteiger partial charge in [-0.3, -0.25) is 9.69 Å². The van der Waals surface area contributed by atoms with E-state index in [1.54, 1.807) is 18.2 Å². The van der Waals surface area contributed by atoms with Crippen LogP contribution in [0.25, 0.3) is 6.08 Å². The van der Waals surface area contributed by atoms with Crippen LogP contribution >= 0.6 is 50.7 Å². The summed E-state index contributed by atoms with van der Waals surface area (Å²) in [4.78, 5) is 14.7. The van der Waals surface area contributed by atoms with Crippen LogP contribution in [0.4, 0.5) is 13.2 Å². The van der Waals surface area contributed by atoms with Crippen molar-refractivity contribution in [3.63, 3.8) is 0 Å². The molecule has 0 aliphatic carbocycles. The molecule has 1 saturated heterocycles. The summed E-state index contributed by atoms with van der Waals surface area (Å²) in [5.41, 5.74) is 0.716. The molecule has 37 heavy (non-hydrogen) atoms. The van der Waals surface area contributed by atoms with Crippen molar-refractivity contribution in [1.82, 2.24) is 10.2 Å². The molecule has 2 aromatic rings. The molecule has 1 aliphatic heterocycles. The van der Waals surface area contributed by atoms with Gasteiger partial charge in [-0.2, -0.15) is 18.4 Å². The van der Waals surface area contributed by atoms with Gasteiger partial charge in [0.25, 0.3) is 5.91 Å². The first-order valence-electron chi connectivity index (χ1n) is 11.6. The van der Waals surface area contributed by atoms with Crippen LogP contribution in [0.1, 0.15) is 54.1 Å². The largest absolute Gasteiger partial charge is 0.399 e. The molecule has 3 rings (SSSR count). The molecule has 1 heterocycles. The Labute approximate surface area is 238 Å². The number of likely N-dealkylation sites (tertiary alicyclic amines) is 1. The van der Waals surface area contributed by atoms with E-state index in [2.05, 4.69) is 27.3 Å². The summed E-state index contributed by atoms with van der Waals surface area (Å²) in [5.74, 6) is -2.23. The van der Waals surface area contributed by atoms with Gasteiger partial charge in [0, 0.05) is 23.6 Å². The number of hydrogen-bond donors (Lipinski definition) is 1. The van der Waals surface area contributed by atoms with Crippen LogP contribution < -0.4 is 5.32 Å². The van der Waals surface area contributed by atoms with E-state index in [-0.39, 0.29) is 32.6 Å². The topological polar surface area (TPSA) is 56.1 Å². The van der Waals surface area contributed by atoms with Gasteiger partial charge in [-0.25, -0.2) is 0 Å². The van der Waals surface area contributed by atoms with Gasteiger partial charge < -0.3 is 5.32 Å². The molecule has 11 heteroatoms. The third kappa shape index (κ3) is 8.90. The Morgan fingerprint density at radius 2 is 1.78 bits per heavy atom. The van der Waals surface area contributed by atoms with Gasteiger partial charge in [-0.1, -0.05) is 66.9 Å². The Balaban J connectivity index is 0.00000235. The number of amides is 1. The van der Waals surface area contributed by atoms with E-state index in [4.69, 9.17) is 40.1 Å². The first-order valence-corrected chi connectivity index (χ1v) is 13.5. The predicted molar refractivity (Wildman–Crippen MR) is 147 cm³/mol. The number of nitriles is 1. The fraction of sp³-hybridized carbons (Fsp3) is 0.385. The number of allylic oxidation sites excluding steroid dienone is 1. The van der Waals surface area contributed by atoms with Crippen molar-refractivity contribution in [3.05, 3.63) is 72.6 Å². The summed E-state index contributed by atoms with van der Waals surface area (Å²) in [7, 11) is 0. The van der Waals surface area contributed by atoms with Crippen molar-refractivity contribution < 1.29 is 18.0 Å². The molecule has 0 saturated carbocycles. The van der Waals surface area contributed by atoms with Gasteiger partial charge in [-0.05, 0) is 64.2 Å². The second-order valence-electron chi connectivity index (χ2n) is 8.10. The number of carbonyl (C=O) groups is 1. The van der Waals surface area contributed by atoms with E-state index < -0.39 is 12.1 Å². The standard InChI is InChI=1S/C24H20BrCl3F3N3O.C2H6/c25-19-11-14(1-3-17(19)23(35)33-16-5-8-34(9-6-16)10-7-32)2-4-18(24(29,30)31)15-12-20(26)22(28)21(27)13-15;1-2/h1-4,11-13,16,18H,5-6,8-10H2,(H,33,35);1-2H3/b4-2+;.